The van der Waals surface area contributed by atoms with E-state index in [2.05, 4.69) is 44.8 Å². The van der Waals surface area contributed by atoms with Crippen molar-refractivity contribution in [1.82, 2.24) is 15.5 Å². The van der Waals surface area contributed by atoms with Crippen LogP contribution < -0.4 is 10.6 Å². The second-order valence-electron chi connectivity index (χ2n) is 7.20. The first kappa shape index (κ1) is 20.5. The molecule has 1 saturated heterocycles. The molecule has 2 aliphatic rings. The Morgan fingerprint density at radius 2 is 1.64 bits per heavy atom. The van der Waals surface area contributed by atoms with Crippen molar-refractivity contribution in [1.29, 1.82) is 0 Å². The van der Waals surface area contributed by atoms with Crippen molar-refractivity contribution in [2.75, 3.05) is 20.1 Å². The van der Waals surface area contributed by atoms with E-state index in [1.807, 2.05) is 7.05 Å². The predicted octanol–water partition coefficient (Wildman–Crippen LogP) is 3.90. The number of piperidine rings is 1. The molecular weight excluding hydrogens is 423 g/mol. The molecule has 25 heavy (non-hydrogen) atoms. The van der Waals surface area contributed by atoms with Gasteiger partial charge in [0, 0.05) is 26.2 Å². The molecule has 0 unspecified atom stereocenters. The lowest BCUT2D eigenvalue weighted by Crippen LogP contribution is -2.41. The van der Waals surface area contributed by atoms with E-state index in [4.69, 9.17) is 0 Å². The standard InChI is InChI=1S/C20H32N4.HI/c1-21-20(23-19-7-3-4-8-19)22-15-17-9-11-18(12-10-17)16-24-13-5-2-6-14-24;/h9-12,19H,2-8,13-16H2,1H3,(H2,21,22,23);1H. The summed E-state index contributed by atoms with van der Waals surface area (Å²) in [6.45, 7) is 4.44. The number of aliphatic imine (C=N–C) groups is 1. The molecule has 4 nitrogen and oxygen atoms in total. The number of hydrogen-bond acceptors (Lipinski definition) is 2. The molecule has 0 amide bonds. The third kappa shape index (κ3) is 6.77. The molecule has 0 aromatic heterocycles. The van der Waals surface area contributed by atoms with Crippen molar-refractivity contribution in [2.24, 2.45) is 4.99 Å². The largest absolute Gasteiger partial charge is 0.354 e. The van der Waals surface area contributed by atoms with Gasteiger partial charge < -0.3 is 10.6 Å². The van der Waals surface area contributed by atoms with Crippen LogP contribution in [0.2, 0.25) is 0 Å². The molecule has 1 aromatic rings. The average molecular weight is 456 g/mol. The van der Waals surface area contributed by atoms with Gasteiger partial charge in [-0.3, -0.25) is 9.89 Å². The fraction of sp³-hybridized carbons (Fsp3) is 0.650. The first-order chi connectivity index (χ1) is 11.8. The zero-order valence-electron chi connectivity index (χ0n) is 15.5. The molecule has 3 rings (SSSR count). The molecular formula is C20H33IN4. The fourth-order valence-corrected chi connectivity index (χ4v) is 3.78. The number of rotatable bonds is 5. The van der Waals surface area contributed by atoms with Crippen LogP contribution in [-0.4, -0.2) is 37.0 Å². The molecule has 2 N–H and O–H groups in total. The van der Waals surface area contributed by atoms with E-state index in [0.29, 0.717) is 6.04 Å². The highest BCUT2D eigenvalue weighted by Gasteiger charge is 2.15. The monoisotopic (exact) mass is 456 g/mol. The van der Waals surface area contributed by atoms with E-state index < -0.39 is 0 Å². The molecule has 0 radical (unpaired) electrons. The maximum Gasteiger partial charge on any atom is 0.191 e. The van der Waals surface area contributed by atoms with Crippen molar-refractivity contribution in [3.63, 3.8) is 0 Å². The molecule has 140 valence electrons. The molecule has 0 atom stereocenters. The van der Waals surface area contributed by atoms with Crippen LogP contribution in [0, 0.1) is 0 Å². The second kappa shape index (κ2) is 11.0. The predicted molar refractivity (Wildman–Crippen MR) is 117 cm³/mol. The van der Waals surface area contributed by atoms with Crippen molar-refractivity contribution < 1.29 is 0 Å². The Balaban J connectivity index is 0.00000225. The summed E-state index contributed by atoms with van der Waals surface area (Å²) in [6.07, 6.45) is 9.33. The number of nitrogens with one attached hydrogen (secondary N) is 2. The minimum atomic E-state index is 0. The summed E-state index contributed by atoms with van der Waals surface area (Å²) >= 11 is 0. The lowest BCUT2D eigenvalue weighted by molar-refractivity contribution is 0.221. The molecule has 1 heterocycles. The van der Waals surface area contributed by atoms with E-state index in [0.717, 1.165) is 19.0 Å². The number of halogens is 1. The lowest BCUT2D eigenvalue weighted by Gasteiger charge is -2.26. The van der Waals surface area contributed by atoms with Gasteiger partial charge in [-0.05, 0) is 49.9 Å². The van der Waals surface area contributed by atoms with Gasteiger partial charge in [0.25, 0.3) is 0 Å². The van der Waals surface area contributed by atoms with Gasteiger partial charge >= 0.3 is 0 Å². The zero-order chi connectivity index (χ0) is 16.6. The van der Waals surface area contributed by atoms with Crippen molar-refractivity contribution in [3.05, 3.63) is 35.4 Å². The summed E-state index contributed by atoms with van der Waals surface area (Å²) in [5.41, 5.74) is 2.74. The SMILES string of the molecule is CN=C(NCc1ccc(CN2CCCCC2)cc1)NC1CCCC1.I. The Kier molecular flexibility index (Phi) is 9.03. The molecule has 0 bridgehead atoms. The average Bonchev–Trinajstić information content (AvgIpc) is 3.14. The van der Waals surface area contributed by atoms with Crippen molar-refractivity contribution in [3.8, 4) is 0 Å². The molecule has 5 heteroatoms. The van der Waals surface area contributed by atoms with Crippen LogP contribution in [0.4, 0.5) is 0 Å². The Hall–Kier alpha value is -0.820. The molecule has 1 saturated carbocycles. The fourth-order valence-electron chi connectivity index (χ4n) is 3.78. The van der Waals surface area contributed by atoms with Gasteiger partial charge in [0.15, 0.2) is 5.96 Å². The van der Waals surface area contributed by atoms with Gasteiger partial charge in [0.2, 0.25) is 0 Å². The van der Waals surface area contributed by atoms with Crippen LogP contribution in [0.5, 0.6) is 0 Å². The minimum absolute atomic E-state index is 0. The zero-order valence-corrected chi connectivity index (χ0v) is 17.8. The first-order valence-electron chi connectivity index (χ1n) is 9.61. The van der Waals surface area contributed by atoms with Gasteiger partial charge in [-0.1, -0.05) is 43.5 Å². The van der Waals surface area contributed by atoms with Crippen LogP contribution in [-0.2, 0) is 13.1 Å². The highest BCUT2D eigenvalue weighted by molar-refractivity contribution is 14.0. The summed E-state index contributed by atoms with van der Waals surface area (Å²) in [4.78, 5) is 6.92. The van der Waals surface area contributed by atoms with Crippen LogP contribution >= 0.6 is 24.0 Å². The van der Waals surface area contributed by atoms with Crippen LogP contribution in [0.1, 0.15) is 56.1 Å². The van der Waals surface area contributed by atoms with E-state index in [1.54, 1.807) is 0 Å². The van der Waals surface area contributed by atoms with Crippen molar-refractivity contribution >= 4 is 29.9 Å². The normalized spacial score (nSPS) is 19.5. The van der Waals surface area contributed by atoms with E-state index >= 15 is 0 Å². The lowest BCUT2D eigenvalue weighted by atomic mass is 10.1. The quantitative estimate of drug-likeness (QED) is 0.401. The number of likely N-dealkylation sites (tertiary alicyclic amines) is 1. The summed E-state index contributed by atoms with van der Waals surface area (Å²) in [7, 11) is 1.85. The Morgan fingerprint density at radius 3 is 2.28 bits per heavy atom. The Bertz CT molecular complexity index is 517. The third-order valence-electron chi connectivity index (χ3n) is 5.26. The second-order valence-corrected chi connectivity index (χ2v) is 7.20. The molecule has 2 fully saturated rings. The summed E-state index contributed by atoms with van der Waals surface area (Å²) in [5.74, 6) is 0.930. The van der Waals surface area contributed by atoms with E-state index in [-0.39, 0.29) is 24.0 Å². The van der Waals surface area contributed by atoms with E-state index in [9.17, 15) is 0 Å². The van der Waals surface area contributed by atoms with E-state index in [1.165, 1.54) is 69.2 Å². The summed E-state index contributed by atoms with van der Waals surface area (Å²) in [5, 5.41) is 6.98. The number of hydrogen-bond donors (Lipinski definition) is 2. The maximum absolute atomic E-state index is 4.35. The third-order valence-corrected chi connectivity index (χ3v) is 5.26. The van der Waals surface area contributed by atoms with Crippen LogP contribution in [0.25, 0.3) is 0 Å². The van der Waals surface area contributed by atoms with Crippen LogP contribution in [0.3, 0.4) is 0 Å². The number of benzene rings is 1. The first-order valence-corrected chi connectivity index (χ1v) is 9.61. The van der Waals surface area contributed by atoms with Gasteiger partial charge in [0.1, 0.15) is 0 Å². The highest BCUT2D eigenvalue weighted by atomic mass is 127. The molecule has 1 aliphatic carbocycles. The van der Waals surface area contributed by atoms with Gasteiger partial charge in [-0.15, -0.1) is 24.0 Å². The van der Waals surface area contributed by atoms with Crippen molar-refractivity contribution in [2.45, 2.75) is 64.1 Å². The number of guanidine groups is 1. The maximum atomic E-state index is 4.35. The smallest absolute Gasteiger partial charge is 0.191 e. The molecule has 1 aliphatic heterocycles. The molecule has 0 spiro atoms. The Labute approximate surface area is 169 Å². The summed E-state index contributed by atoms with van der Waals surface area (Å²) in [6, 6.07) is 9.64. The Morgan fingerprint density at radius 1 is 1.00 bits per heavy atom. The van der Waals surface area contributed by atoms with Gasteiger partial charge in [-0.2, -0.15) is 0 Å². The number of nitrogens with zero attached hydrogens (tertiary/aromatic N) is 2. The topological polar surface area (TPSA) is 39.7 Å². The van der Waals surface area contributed by atoms with Crippen LogP contribution in [0.15, 0.2) is 29.3 Å². The molecule has 1 aromatic carbocycles. The van der Waals surface area contributed by atoms with Gasteiger partial charge in [0.05, 0.1) is 0 Å². The highest BCUT2D eigenvalue weighted by Crippen LogP contribution is 2.17. The summed E-state index contributed by atoms with van der Waals surface area (Å²) < 4.78 is 0. The minimum Gasteiger partial charge on any atom is -0.354 e. The van der Waals surface area contributed by atoms with Gasteiger partial charge in [-0.25, -0.2) is 0 Å².